The van der Waals surface area contributed by atoms with Gasteiger partial charge >= 0.3 is 6.03 Å². The van der Waals surface area contributed by atoms with Crippen LogP contribution >= 0.6 is 0 Å². The number of aromatic nitrogens is 3. The number of rotatable bonds is 4. The Morgan fingerprint density at radius 1 is 1.20 bits per heavy atom. The molecule has 2 aromatic heterocycles. The highest BCUT2D eigenvalue weighted by Crippen LogP contribution is 2.27. The van der Waals surface area contributed by atoms with Gasteiger partial charge in [0, 0.05) is 30.5 Å². The van der Waals surface area contributed by atoms with Gasteiger partial charge in [-0.3, -0.25) is 5.32 Å². The minimum atomic E-state index is -0.301. The van der Waals surface area contributed by atoms with Crippen LogP contribution in [0.25, 0.3) is 11.3 Å². The fraction of sp³-hybridized carbons (Fsp3) is 0.273. The molecule has 0 spiro atoms. The Morgan fingerprint density at radius 2 is 2.00 bits per heavy atom. The average molecular weight is 406 g/mol. The molecule has 4 rings (SSSR count). The number of benzene rings is 1. The second kappa shape index (κ2) is 8.06. The molecule has 2 amide bonds. The van der Waals surface area contributed by atoms with Crippen molar-refractivity contribution in [2.24, 2.45) is 5.92 Å². The Kier molecular flexibility index (Phi) is 5.31. The number of aryl methyl sites for hydroxylation is 2. The number of likely N-dealkylation sites (tertiary alicyclic amines) is 1. The number of nitrogen functional groups attached to an aromatic ring is 1. The smallest absolute Gasteiger partial charge is 0.323 e. The maximum atomic E-state index is 13.4. The Labute approximate surface area is 174 Å². The standard InChI is InChI=1S/C22H23FN6O/c1-13-9-16(23)3-4-18(13)20-6-5-19(24)21(27-20)28-22(30)29-11-15(12-29)10-17-7-8-25-14(2)26-17/h3-9,15H,10-12,24H2,1-2H3,(H,27,28,30). The fourth-order valence-electron chi connectivity index (χ4n) is 3.59. The van der Waals surface area contributed by atoms with E-state index in [9.17, 15) is 9.18 Å². The van der Waals surface area contributed by atoms with Gasteiger partial charge in [0.25, 0.3) is 0 Å². The summed E-state index contributed by atoms with van der Waals surface area (Å²) in [6.45, 7) is 4.97. The lowest BCUT2D eigenvalue weighted by atomic mass is 9.95. The van der Waals surface area contributed by atoms with Crippen LogP contribution in [0.2, 0.25) is 0 Å². The van der Waals surface area contributed by atoms with Gasteiger partial charge in [-0.1, -0.05) is 0 Å². The predicted octanol–water partition coefficient (Wildman–Crippen LogP) is 3.58. The summed E-state index contributed by atoms with van der Waals surface area (Å²) in [5.41, 5.74) is 9.54. The van der Waals surface area contributed by atoms with Gasteiger partial charge in [0.1, 0.15) is 11.6 Å². The average Bonchev–Trinajstić information content (AvgIpc) is 2.66. The number of nitrogens with two attached hydrogens (primary N) is 1. The van der Waals surface area contributed by atoms with E-state index < -0.39 is 0 Å². The Hall–Kier alpha value is -3.55. The molecule has 0 aliphatic carbocycles. The lowest BCUT2D eigenvalue weighted by molar-refractivity contribution is 0.130. The zero-order valence-corrected chi connectivity index (χ0v) is 16.9. The van der Waals surface area contributed by atoms with E-state index in [0.29, 0.717) is 36.2 Å². The van der Waals surface area contributed by atoms with Gasteiger partial charge in [-0.2, -0.15) is 0 Å². The number of carbonyl (C=O) groups excluding carboxylic acids is 1. The molecule has 1 aromatic carbocycles. The molecule has 30 heavy (non-hydrogen) atoms. The first-order chi connectivity index (χ1) is 14.4. The monoisotopic (exact) mass is 406 g/mol. The van der Waals surface area contributed by atoms with Crippen LogP contribution in [-0.2, 0) is 6.42 Å². The van der Waals surface area contributed by atoms with Crippen molar-refractivity contribution in [2.75, 3.05) is 24.1 Å². The second-order valence-electron chi connectivity index (χ2n) is 7.59. The van der Waals surface area contributed by atoms with Gasteiger partial charge < -0.3 is 10.6 Å². The quantitative estimate of drug-likeness (QED) is 0.690. The highest BCUT2D eigenvalue weighted by molar-refractivity contribution is 5.92. The van der Waals surface area contributed by atoms with Crippen molar-refractivity contribution in [3.05, 3.63) is 65.5 Å². The molecule has 0 unspecified atom stereocenters. The van der Waals surface area contributed by atoms with Crippen molar-refractivity contribution in [1.82, 2.24) is 19.9 Å². The van der Waals surface area contributed by atoms with Gasteiger partial charge in [-0.05, 0) is 68.1 Å². The van der Waals surface area contributed by atoms with E-state index in [1.54, 1.807) is 29.3 Å². The summed E-state index contributed by atoms with van der Waals surface area (Å²) < 4.78 is 13.4. The normalized spacial score (nSPS) is 13.8. The van der Waals surface area contributed by atoms with E-state index in [2.05, 4.69) is 20.3 Å². The van der Waals surface area contributed by atoms with Crippen LogP contribution in [0.15, 0.2) is 42.6 Å². The van der Waals surface area contributed by atoms with E-state index in [0.717, 1.165) is 29.1 Å². The van der Waals surface area contributed by atoms with Gasteiger partial charge in [0.15, 0.2) is 5.82 Å². The molecule has 1 aliphatic rings. The molecule has 3 heterocycles. The highest BCUT2D eigenvalue weighted by Gasteiger charge is 2.31. The van der Waals surface area contributed by atoms with Gasteiger partial charge in [-0.15, -0.1) is 0 Å². The van der Waals surface area contributed by atoms with Crippen LogP contribution in [0.3, 0.4) is 0 Å². The van der Waals surface area contributed by atoms with Gasteiger partial charge in [0.05, 0.1) is 11.4 Å². The number of halogens is 1. The summed E-state index contributed by atoms with van der Waals surface area (Å²) in [5, 5.41) is 2.80. The molecule has 7 nitrogen and oxygen atoms in total. The summed E-state index contributed by atoms with van der Waals surface area (Å²) in [6, 6.07) is 9.62. The SMILES string of the molecule is Cc1nccc(CC2CN(C(=O)Nc3nc(-c4ccc(F)cc4C)ccc3N)C2)n1. The number of pyridine rings is 1. The highest BCUT2D eigenvalue weighted by atomic mass is 19.1. The van der Waals surface area contributed by atoms with Crippen LogP contribution in [0, 0.1) is 25.6 Å². The Bertz CT molecular complexity index is 1100. The molecule has 8 heteroatoms. The van der Waals surface area contributed by atoms with Crippen molar-refractivity contribution < 1.29 is 9.18 Å². The van der Waals surface area contributed by atoms with E-state index in [1.165, 1.54) is 12.1 Å². The lowest BCUT2D eigenvalue weighted by Gasteiger charge is -2.39. The molecule has 0 bridgehead atoms. The van der Waals surface area contributed by atoms with Gasteiger partial charge in [0.2, 0.25) is 0 Å². The first kappa shape index (κ1) is 19.8. The Balaban J connectivity index is 1.40. The number of urea groups is 1. The molecular weight excluding hydrogens is 383 g/mol. The van der Waals surface area contributed by atoms with Crippen molar-refractivity contribution in [2.45, 2.75) is 20.3 Å². The van der Waals surface area contributed by atoms with Crippen LogP contribution in [-0.4, -0.2) is 39.0 Å². The van der Waals surface area contributed by atoms with Crippen molar-refractivity contribution >= 4 is 17.5 Å². The largest absolute Gasteiger partial charge is 0.396 e. The number of hydrogen-bond acceptors (Lipinski definition) is 5. The molecule has 1 aliphatic heterocycles. The van der Waals surface area contributed by atoms with Crippen LogP contribution in [0.5, 0.6) is 0 Å². The van der Waals surface area contributed by atoms with Crippen molar-refractivity contribution in [3.8, 4) is 11.3 Å². The Morgan fingerprint density at radius 3 is 2.73 bits per heavy atom. The fourth-order valence-corrected chi connectivity index (χ4v) is 3.59. The number of hydrogen-bond donors (Lipinski definition) is 2. The van der Waals surface area contributed by atoms with E-state index >= 15 is 0 Å². The molecule has 0 saturated carbocycles. The molecule has 0 radical (unpaired) electrons. The topological polar surface area (TPSA) is 97.0 Å². The number of carbonyl (C=O) groups is 1. The third-order valence-electron chi connectivity index (χ3n) is 5.19. The predicted molar refractivity (Wildman–Crippen MR) is 113 cm³/mol. The molecular formula is C22H23FN6O. The lowest BCUT2D eigenvalue weighted by Crippen LogP contribution is -2.52. The summed E-state index contributed by atoms with van der Waals surface area (Å²) in [6.07, 6.45) is 2.57. The summed E-state index contributed by atoms with van der Waals surface area (Å²) in [4.78, 5) is 27.3. The van der Waals surface area contributed by atoms with E-state index in [1.807, 2.05) is 19.9 Å². The van der Waals surface area contributed by atoms with Crippen molar-refractivity contribution in [1.29, 1.82) is 0 Å². The molecule has 0 atom stereocenters. The molecule has 1 saturated heterocycles. The minimum absolute atomic E-state index is 0.239. The van der Waals surface area contributed by atoms with Gasteiger partial charge in [-0.25, -0.2) is 24.1 Å². The molecule has 1 fully saturated rings. The zero-order valence-electron chi connectivity index (χ0n) is 16.9. The van der Waals surface area contributed by atoms with E-state index in [-0.39, 0.29) is 11.8 Å². The third-order valence-corrected chi connectivity index (χ3v) is 5.19. The molecule has 3 N–H and O–H groups in total. The third kappa shape index (κ3) is 4.22. The molecule has 3 aromatic rings. The summed E-state index contributed by atoms with van der Waals surface area (Å²) in [5.74, 6) is 1.11. The van der Waals surface area contributed by atoms with E-state index in [4.69, 9.17) is 5.73 Å². The minimum Gasteiger partial charge on any atom is -0.396 e. The first-order valence-electron chi connectivity index (χ1n) is 9.76. The number of nitrogens with zero attached hydrogens (tertiary/aromatic N) is 4. The second-order valence-corrected chi connectivity index (χ2v) is 7.59. The van der Waals surface area contributed by atoms with Crippen molar-refractivity contribution in [3.63, 3.8) is 0 Å². The summed E-state index contributed by atoms with van der Waals surface area (Å²) >= 11 is 0. The van der Waals surface area contributed by atoms with Crippen LogP contribution in [0.1, 0.15) is 17.1 Å². The van der Waals surface area contributed by atoms with Crippen LogP contribution in [0.4, 0.5) is 20.7 Å². The maximum absolute atomic E-state index is 13.4. The number of anilines is 2. The molecule has 154 valence electrons. The number of nitrogens with one attached hydrogen (secondary N) is 1. The number of amides is 2. The van der Waals surface area contributed by atoms with Crippen LogP contribution < -0.4 is 11.1 Å². The zero-order chi connectivity index (χ0) is 21.3. The maximum Gasteiger partial charge on any atom is 0.323 e. The first-order valence-corrected chi connectivity index (χ1v) is 9.76. The summed E-state index contributed by atoms with van der Waals surface area (Å²) in [7, 11) is 0.